The Kier molecular flexibility index (Phi) is 5.77. The van der Waals surface area contributed by atoms with Crippen LogP contribution >= 0.6 is 0 Å². The molecule has 5 nitrogen and oxygen atoms in total. The molecule has 0 spiro atoms. The molecular weight excluding hydrogens is 280 g/mol. The van der Waals surface area contributed by atoms with E-state index in [1.54, 1.807) is 12.1 Å². The summed E-state index contributed by atoms with van der Waals surface area (Å²) in [5.41, 5.74) is 1.05. The molecule has 22 heavy (non-hydrogen) atoms. The van der Waals surface area contributed by atoms with Gasteiger partial charge in [0.2, 0.25) is 0 Å². The van der Waals surface area contributed by atoms with Crippen molar-refractivity contribution in [1.82, 2.24) is 5.32 Å². The van der Waals surface area contributed by atoms with Gasteiger partial charge in [-0.25, -0.2) is 4.99 Å². The van der Waals surface area contributed by atoms with E-state index in [9.17, 15) is 4.79 Å². The predicted molar refractivity (Wildman–Crippen MR) is 84.7 cm³/mol. The Bertz CT molecular complexity index is 606. The number of amidine groups is 1. The number of nitrogens with zero attached hydrogens (tertiary/aromatic N) is 1. The average molecular weight is 300 g/mol. The normalized spacial score (nSPS) is 12.7. The first-order valence-corrected chi connectivity index (χ1v) is 7.31. The van der Waals surface area contributed by atoms with Crippen molar-refractivity contribution in [2.24, 2.45) is 4.99 Å². The van der Waals surface area contributed by atoms with Gasteiger partial charge in [-0.3, -0.25) is 10.1 Å². The number of benzene rings is 1. The molecule has 0 radical (unpaired) electrons. The molecule has 0 fully saturated rings. The standard InChI is InChI=1S/C17H20N2O3/c1-3-11-22-17(19-16(20)15-10-7-12-21-15)18-13(2)14-8-5-4-6-9-14/h4-10,12-13H,3,11H2,1-2H3,(H,18,19,20)/t13-/m0/s1. The van der Waals surface area contributed by atoms with Crippen LogP contribution in [0.3, 0.4) is 0 Å². The first-order chi connectivity index (χ1) is 10.7. The number of nitrogens with one attached hydrogen (secondary N) is 1. The summed E-state index contributed by atoms with van der Waals surface area (Å²) >= 11 is 0. The molecule has 0 aliphatic carbocycles. The number of rotatable bonds is 5. The molecule has 2 aromatic rings. The number of ether oxygens (including phenoxy) is 1. The number of carbonyl (C=O) groups excluding carboxylic acids is 1. The number of hydrogen-bond acceptors (Lipinski definition) is 4. The van der Waals surface area contributed by atoms with Crippen molar-refractivity contribution in [2.45, 2.75) is 26.3 Å². The maximum atomic E-state index is 12.0. The van der Waals surface area contributed by atoms with E-state index in [1.807, 2.05) is 44.2 Å². The lowest BCUT2D eigenvalue weighted by atomic mass is 10.1. The first kappa shape index (κ1) is 15.8. The van der Waals surface area contributed by atoms with Crippen LogP contribution in [-0.4, -0.2) is 18.5 Å². The highest BCUT2D eigenvalue weighted by Gasteiger charge is 2.14. The highest BCUT2D eigenvalue weighted by molar-refractivity contribution is 6.02. The number of hydrogen-bond donors (Lipinski definition) is 1. The average Bonchev–Trinajstić information content (AvgIpc) is 3.08. The summed E-state index contributed by atoms with van der Waals surface area (Å²) in [7, 11) is 0. The molecular formula is C17H20N2O3. The lowest BCUT2D eigenvalue weighted by Crippen LogP contribution is -2.33. The zero-order valence-corrected chi connectivity index (χ0v) is 12.8. The lowest BCUT2D eigenvalue weighted by molar-refractivity contribution is 0.0938. The molecule has 0 unspecified atom stereocenters. The van der Waals surface area contributed by atoms with E-state index >= 15 is 0 Å². The van der Waals surface area contributed by atoms with Gasteiger partial charge in [0, 0.05) is 0 Å². The molecule has 1 N–H and O–H groups in total. The minimum Gasteiger partial charge on any atom is -0.465 e. The van der Waals surface area contributed by atoms with Crippen molar-refractivity contribution >= 4 is 11.9 Å². The summed E-state index contributed by atoms with van der Waals surface area (Å²) < 4.78 is 10.6. The van der Waals surface area contributed by atoms with E-state index in [4.69, 9.17) is 9.15 Å². The van der Waals surface area contributed by atoms with Crippen molar-refractivity contribution in [2.75, 3.05) is 6.61 Å². The van der Waals surface area contributed by atoms with Crippen molar-refractivity contribution in [3.63, 3.8) is 0 Å². The van der Waals surface area contributed by atoms with Crippen LogP contribution in [0.5, 0.6) is 0 Å². The molecule has 116 valence electrons. The predicted octanol–water partition coefficient (Wildman–Crippen LogP) is 3.55. The van der Waals surface area contributed by atoms with E-state index in [2.05, 4.69) is 10.3 Å². The molecule has 0 bridgehead atoms. The fraction of sp³-hybridized carbons (Fsp3) is 0.294. The second-order valence-electron chi connectivity index (χ2n) is 4.80. The monoisotopic (exact) mass is 300 g/mol. The third-order valence-electron chi connectivity index (χ3n) is 3.00. The van der Waals surface area contributed by atoms with Crippen LogP contribution in [0.2, 0.25) is 0 Å². The second-order valence-corrected chi connectivity index (χ2v) is 4.80. The SMILES string of the molecule is CCCOC(=N[C@@H](C)c1ccccc1)NC(=O)c1ccco1. The fourth-order valence-corrected chi connectivity index (χ4v) is 1.85. The highest BCUT2D eigenvalue weighted by Crippen LogP contribution is 2.16. The van der Waals surface area contributed by atoms with Gasteiger partial charge in [-0.1, -0.05) is 37.3 Å². The zero-order chi connectivity index (χ0) is 15.8. The molecule has 1 aromatic carbocycles. The summed E-state index contributed by atoms with van der Waals surface area (Å²) in [4.78, 5) is 16.5. The second kappa shape index (κ2) is 8.02. The van der Waals surface area contributed by atoms with Gasteiger partial charge in [0.05, 0.1) is 18.9 Å². The minimum atomic E-state index is -0.375. The highest BCUT2D eigenvalue weighted by atomic mass is 16.5. The van der Waals surface area contributed by atoms with E-state index in [0.29, 0.717) is 6.61 Å². The summed E-state index contributed by atoms with van der Waals surface area (Å²) in [6.07, 6.45) is 2.28. The maximum absolute atomic E-state index is 12.0. The first-order valence-electron chi connectivity index (χ1n) is 7.31. The van der Waals surface area contributed by atoms with E-state index < -0.39 is 0 Å². The van der Waals surface area contributed by atoms with Gasteiger partial charge in [-0.2, -0.15) is 0 Å². The summed E-state index contributed by atoms with van der Waals surface area (Å²) in [6.45, 7) is 4.43. The molecule has 0 saturated carbocycles. The molecule has 1 amide bonds. The number of amides is 1. The quantitative estimate of drug-likeness (QED) is 0.678. The van der Waals surface area contributed by atoms with Gasteiger partial charge in [-0.05, 0) is 31.0 Å². The van der Waals surface area contributed by atoms with Crippen LogP contribution in [0.15, 0.2) is 58.1 Å². The Morgan fingerprint density at radius 2 is 2.05 bits per heavy atom. The van der Waals surface area contributed by atoms with Gasteiger partial charge in [0.1, 0.15) is 0 Å². The molecule has 1 aromatic heterocycles. The van der Waals surface area contributed by atoms with E-state index in [-0.39, 0.29) is 23.7 Å². The molecule has 5 heteroatoms. The van der Waals surface area contributed by atoms with Crippen LogP contribution in [-0.2, 0) is 4.74 Å². The Morgan fingerprint density at radius 3 is 2.68 bits per heavy atom. The molecule has 1 heterocycles. The van der Waals surface area contributed by atoms with Crippen LogP contribution in [0, 0.1) is 0 Å². The summed E-state index contributed by atoms with van der Waals surface area (Å²) in [5, 5.41) is 2.65. The van der Waals surface area contributed by atoms with Crippen LogP contribution < -0.4 is 5.32 Å². The van der Waals surface area contributed by atoms with Gasteiger partial charge in [0.25, 0.3) is 11.9 Å². The summed E-state index contributed by atoms with van der Waals surface area (Å²) in [6, 6.07) is 13.2. The van der Waals surface area contributed by atoms with E-state index in [0.717, 1.165) is 12.0 Å². The number of furan rings is 1. The van der Waals surface area contributed by atoms with Gasteiger partial charge in [0.15, 0.2) is 5.76 Å². The van der Waals surface area contributed by atoms with E-state index in [1.165, 1.54) is 6.26 Å². The van der Waals surface area contributed by atoms with Gasteiger partial charge in [-0.15, -0.1) is 0 Å². The smallest absolute Gasteiger partial charge is 0.294 e. The molecule has 0 saturated heterocycles. The van der Waals surface area contributed by atoms with Crippen LogP contribution in [0.25, 0.3) is 0 Å². The number of carbonyl (C=O) groups is 1. The van der Waals surface area contributed by atoms with Crippen LogP contribution in [0.1, 0.15) is 42.4 Å². The fourth-order valence-electron chi connectivity index (χ4n) is 1.85. The minimum absolute atomic E-state index is 0.120. The summed E-state index contributed by atoms with van der Waals surface area (Å²) in [5.74, 6) is -0.153. The Balaban J connectivity index is 2.11. The Hall–Kier alpha value is -2.56. The topological polar surface area (TPSA) is 63.8 Å². The molecule has 0 aliphatic rings. The van der Waals surface area contributed by atoms with Crippen molar-refractivity contribution < 1.29 is 13.9 Å². The molecule has 1 atom stereocenters. The Labute approximate surface area is 130 Å². The lowest BCUT2D eigenvalue weighted by Gasteiger charge is -2.12. The van der Waals surface area contributed by atoms with Gasteiger partial charge >= 0.3 is 0 Å². The maximum Gasteiger partial charge on any atom is 0.294 e. The van der Waals surface area contributed by atoms with Crippen LogP contribution in [0.4, 0.5) is 0 Å². The Morgan fingerprint density at radius 1 is 1.27 bits per heavy atom. The number of aliphatic imine (C=N–C) groups is 1. The van der Waals surface area contributed by atoms with Crippen molar-refractivity contribution in [3.8, 4) is 0 Å². The van der Waals surface area contributed by atoms with Crippen molar-refractivity contribution in [1.29, 1.82) is 0 Å². The third kappa shape index (κ3) is 4.48. The molecule has 2 rings (SSSR count). The third-order valence-corrected chi connectivity index (χ3v) is 3.00. The van der Waals surface area contributed by atoms with Crippen molar-refractivity contribution in [3.05, 3.63) is 60.1 Å². The largest absolute Gasteiger partial charge is 0.465 e. The molecule has 0 aliphatic heterocycles. The zero-order valence-electron chi connectivity index (χ0n) is 12.8. The van der Waals surface area contributed by atoms with Gasteiger partial charge < -0.3 is 9.15 Å².